The lowest BCUT2D eigenvalue weighted by Gasteiger charge is -2.12. The number of hydrogen-bond donors (Lipinski definition) is 1. The molecular weight excluding hydrogens is 256 g/mol. The summed E-state index contributed by atoms with van der Waals surface area (Å²) in [6.45, 7) is 5.69. The molecule has 102 valence electrons. The third-order valence-electron chi connectivity index (χ3n) is 3.00. The lowest BCUT2D eigenvalue weighted by atomic mass is 10.1. The Morgan fingerprint density at radius 3 is 2.84 bits per heavy atom. The molecule has 0 bridgehead atoms. The van der Waals surface area contributed by atoms with Crippen LogP contribution >= 0.6 is 11.3 Å². The normalized spacial score (nSPS) is 12.6. The Morgan fingerprint density at radius 2 is 2.16 bits per heavy atom. The van der Waals surface area contributed by atoms with Crippen molar-refractivity contribution in [1.82, 2.24) is 10.3 Å². The number of nitrogens with zero attached hydrogens (tertiary/aromatic N) is 1. The molecule has 1 N–H and O–H groups in total. The van der Waals surface area contributed by atoms with Crippen LogP contribution in [-0.4, -0.2) is 12.1 Å². The molecule has 1 atom stereocenters. The lowest BCUT2D eigenvalue weighted by Crippen LogP contribution is -2.18. The first-order chi connectivity index (χ1) is 9.19. The number of methoxy groups -OCH3 is 1. The van der Waals surface area contributed by atoms with Crippen molar-refractivity contribution in [3.05, 3.63) is 51.5 Å². The van der Waals surface area contributed by atoms with Crippen molar-refractivity contribution < 1.29 is 4.74 Å². The van der Waals surface area contributed by atoms with E-state index in [1.165, 1.54) is 11.1 Å². The van der Waals surface area contributed by atoms with E-state index in [2.05, 4.69) is 46.9 Å². The van der Waals surface area contributed by atoms with Crippen molar-refractivity contribution in [3.8, 4) is 0 Å². The number of aromatic nitrogens is 1. The number of rotatable bonds is 6. The summed E-state index contributed by atoms with van der Waals surface area (Å²) in [5, 5.41) is 6.74. The molecule has 0 saturated carbocycles. The van der Waals surface area contributed by atoms with Crippen molar-refractivity contribution >= 4 is 11.3 Å². The Bertz CT molecular complexity index is 524. The standard InChI is InChI=1S/C15H20N2OS/c1-11(15-10-19-12(2)17-15)16-8-13-5-4-6-14(7-13)9-18-3/h4-7,10-11,16H,8-9H2,1-3H3. The van der Waals surface area contributed by atoms with E-state index in [1.54, 1.807) is 18.4 Å². The van der Waals surface area contributed by atoms with Crippen LogP contribution in [0.25, 0.3) is 0 Å². The number of hydrogen-bond acceptors (Lipinski definition) is 4. The zero-order valence-corrected chi connectivity index (χ0v) is 12.5. The summed E-state index contributed by atoms with van der Waals surface area (Å²) in [5.74, 6) is 0. The van der Waals surface area contributed by atoms with Crippen LogP contribution in [0.3, 0.4) is 0 Å². The largest absolute Gasteiger partial charge is 0.380 e. The number of benzene rings is 1. The van der Waals surface area contributed by atoms with Crippen molar-refractivity contribution in [1.29, 1.82) is 0 Å². The molecule has 0 amide bonds. The third kappa shape index (κ3) is 4.13. The molecule has 0 aliphatic heterocycles. The average Bonchev–Trinajstić information content (AvgIpc) is 2.84. The van der Waals surface area contributed by atoms with Crippen LogP contribution in [0, 0.1) is 6.92 Å². The number of nitrogens with one attached hydrogen (secondary N) is 1. The van der Waals surface area contributed by atoms with Crippen LogP contribution in [0.1, 0.15) is 34.8 Å². The molecule has 0 fully saturated rings. The molecule has 0 radical (unpaired) electrons. The van der Waals surface area contributed by atoms with Crippen LogP contribution in [0.15, 0.2) is 29.6 Å². The van der Waals surface area contributed by atoms with Gasteiger partial charge in [-0.25, -0.2) is 4.98 Å². The second kappa shape index (κ2) is 6.80. The van der Waals surface area contributed by atoms with E-state index in [9.17, 15) is 0 Å². The summed E-state index contributed by atoms with van der Waals surface area (Å²) >= 11 is 1.70. The molecule has 2 rings (SSSR count). The highest BCUT2D eigenvalue weighted by Gasteiger charge is 2.08. The van der Waals surface area contributed by atoms with Crippen LogP contribution in [0.5, 0.6) is 0 Å². The van der Waals surface area contributed by atoms with Crippen LogP contribution in [0.2, 0.25) is 0 Å². The first-order valence-corrected chi connectivity index (χ1v) is 7.29. The quantitative estimate of drug-likeness (QED) is 0.877. The summed E-state index contributed by atoms with van der Waals surface area (Å²) in [6, 6.07) is 8.74. The number of thiazole rings is 1. The first-order valence-electron chi connectivity index (χ1n) is 6.41. The summed E-state index contributed by atoms with van der Waals surface area (Å²) in [4.78, 5) is 4.51. The van der Waals surface area contributed by atoms with Gasteiger partial charge in [0.15, 0.2) is 0 Å². The molecule has 19 heavy (non-hydrogen) atoms. The van der Waals surface area contributed by atoms with E-state index in [0.717, 1.165) is 17.2 Å². The number of ether oxygens (including phenoxy) is 1. The topological polar surface area (TPSA) is 34.1 Å². The van der Waals surface area contributed by atoms with E-state index in [1.807, 2.05) is 6.92 Å². The Kier molecular flexibility index (Phi) is 5.07. The van der Waals surface area contributed by atoms with Crippen LogP contribution in [0.4, 0.5) is 0 Å². The van der Waals surface area contributed by atoms with E-state index in [4.69, 9.17) is 4.74 Å². The van der Waals surface area contributed by atoms with Crippen molar-refractivity contribution in [2.75, 3.05) is 7.11 Å². The summed E-state index contributed by atoms with van der Waals surface area (Å²) in [7, 11) is 1.72. The maximum absolute atomic E-state index is 5.15. The highest BCUT2D eigenvalue weighted by molar-refractivity contribution is 7.09. The van der Waals surface area contributed by atoms with Gasteiger partial charge in [0.25, 0.3) is 0 Å². The van der Waals surface area contributed by atoms with Crippen LogP contribution < -0.4 is 5.32 Å². The first kappa shape index (κ1) is 14.2. The molecular formula is C15H20N2OS. The van der Waals surface area contributed by atoms with Gasteiger partial charge < -0.3 is 10.1 Å². The average molecular weight is 276 g/mol. The maximum Gasteiger partial charge on any atom is 0.0898 e. The minimum Gasteiger partial charge on any atom is -0.380 e. The van der Waals surface area contributed by atoms with Crippen molar-refractivity contribution in [3.63, 3.8) is 0 Å². The zero-order chi connectivity index (χ0) is 13.7. The summed E-state index contributed by atoms with van der Waals surface area (Å²) in [6.07, 6.45) is 0. The van der Waals surface area contributed by atoms with Crippen molar-refractivity contribution in [2.24, 2.45) is 0 Å². The van der Waals surface area contributed by atoms with Gasteiger partial charge in [-0.2, -0.15) is 0 Å². The summed E-state index contributed by atoms with van der Waals surface area (Å²) < 4.78 is 5.15. The fourth-order valence-electron chi connectivity index (χ4n) is 1.95. The fraction of sp³-hybridized carbons (Fsp3) is 0.400. The summed E-state index contributed by atoms with van der Waals surface area (Å²) in [5.41, 5.74) is 3.60. The monoisotopic (exact) mass is 276 g/mol. The molecule has 1 aromatic carbocycles. The fourth-order valence-corrected chi connectivity index (χ4v) is 2.66. The molecule has 1 heterocycles. The third-order valence-corrected chi connectivity index (χ3v) is 3.79. The van der Waals surface area contributed by atoms with Gasteiger partial charge in [0.2, 0.25) is 0 Å². The van der Waals surface area contributed by atoms with Gasteiger partial charge in [-0.1, -0.05) is 24.3 Å². The Hall–Kier alpha value is -1.23. The Morgan fingerprint density at radius 1 is 1.37 bits per heavy atom. The molecule has 0 aliphatic carbocycles. The van der Waals surface area contributed by atoms with Gasteiger partial charge >= 0.3 is 0 Å². The van der Waals surface area contributed by atoms with E-state index >= 15 is 0 Å². The van der Waals surface area contributed by atoms with Gasteiger partial charge in [0.1, 0.15) is 0 Å². The SMILES string of the molecule is COCc1cccc(CNC(C)c2csc(C)n2)c1. The second-order valence-corrected chi connectivity index (χ2v) is 5.71. The molecule has 0 aliphatic rings. The minimum atomic E-state index is 0.274. The highest BCUT2D eigenvalue weighted by atomic mass is 32.1. The van der Waals surface area contributed by atoms with Crippen molar-refractivity contribution in [2.45, 2.75) is 33.0 Å². The molecule has 2 aromatic rings. The lowest BCUT2D eigenvalue weighted by molar-refractivity contribution is 0.185. The van der Waals surface area contributed by atoms with Gasteiger partial charge in [-0.15, -0.1) is 11.3 Å². The van der Waals surface area contributed by atoms with Gasteiger partial charge in [0.05, 0.1) is 17.3 Å². The van der Waals surface area contributed by atoms with Gasteiger partial charge in [0, 0.05) is 25.1 Å². The second-order valence-electron chi connectivity index (χ2n) is 4.65. The molecule has 0 saturated heterocycles. The maximum atomic E-state index is 5.15. The number of aryl methyl sites for hydroxylation is 1. The van der Waals surface area contributed by atoms with E-state index in [0.29, 0.717) is 6.61 Å². The predicted molar refractivity (Wildman–Crippen MR) is 79.3 cm³/mol. The predicted octanol–water partition coefficient (Wildman–Crippen LogP) is 3.45. The Balaban J connectivity index is 1.93. The van der Waals surface area contributed by atoms with E-state index in [-0.39, 0.29) is 6.04 Å². The van der Waals surface area contributed by atoms with Gasteiger partial charge in [-0.05, 0) is 25.0 Å². The van der Waals surface area contributed by atoms with Gasteiger partial charge in [-0.3, -0.25) is 0 Å². The molecule has 3 nitrogen and oxygen atoms in total. The molecule has 4 heteroatoms. The minimum absolute atomic E-state index is 0.274. The van der Waals surface area contributed by atoms with Crippen LogP contribution in [-0.2, 0) is 17.9 Å². The smallest absolute Gasteiger partial charge is 0.0898 e. The highest BCUT2D eigenvalue weighted by Crippen LogP contribution is 2.16. The molecule has 1 aromatic heterocycles. The molecule has 0 spiro atoms. The molecule has 1 unspecified atom stereocenters. The Labute approximate surface area is 118 Å². The zero-order valence-electron chi connectivity index (χ0n) is 11.6. The van der Waals surface area contributed by atoms with E-state index < -0.39 is 0 Å².